The Bertz CT molecular complexity index is 662. The fraction of sp³-hybridized carbons (Fsp3) is 0.188. The van der Waals surface area contributed by atoms with E-state index in [0.717, 1.165) is 22.4 Å². The number of hydrogen-bond donors (Lipinski definition) is 0. The highest BCUT2D eigenvalue weighted by Gasteiger charge is 2.06. The number of alkyl halides is 1. The van der Waals surface area contributed by atoms with Crippen molar-refractivity contribution in [1.82, 2.24) is 0 Å². The first-order valence-corrected chi connectivity index (χ1v) is 7.02. The van der Waals surface area contributed by atoms with Gasteiger partial charge in [-0.3, -0.25) is 0 Å². The second kappa shape index (κ2) is 6.65. The minimum atomic E-state index is 0.349. The van der Waals surface area contributed by atoms with Gasteiger partial charge >= 0.3 is 0 Å². The van der Waals surface area contributed by atoms with Crippen LogP contribution < -0.4 is 4.74 Å². The van der Waals surface area contributed by atoms with Crippen LogP contribution in [-0.4, -0.2) is 0 Å². The third-order valence-electron chi connectivity index (χ3n) is 3.02. The molecule has 2 nitrogen and oxygen atoms in total. The van der Waals surface area contributed by atoms with E-state index in [2.05, 4.69) is 6.07 Å². The first-order valence-electron chi connectivity index (χ1n) is 6.11. The van der Waals surface area contributed by atoms with Crippen LogP contribution in [0.1, 0.15) is 22.3 Å². The van der Waals surface area contributed by atoms with Crippen LogP contribution in [0.3, 0.4) is 0 Å². The lowest BCUT2D eigenvalue weighted by Crippen LogP contribution is -2.00. The number of aryl methyl sites for hydroxylation is 1. The number of ether oxygens (including phenoxy) is 1. The van der Waals surface area contributed by atoms with E-state index in [1.165, 1.54) is 0 Å². The molecule has 0 saturated heterocycles. The highest BCUT2D eigenvalue weighted by atomic mass is 35.5. The van der Waals surface area contributed by atoms with Crippen molar-refractivity contribution in [2.24, 2.45) is 0 Å². The van der Waals surface area contributed by atoms with E-state index in [1.54, 1.807) is 18.2 Å². The van der Waals surface area contributed by atoms with Crippen molar-refractivity contribution in [1.29, 1.82) is 5.26 Å². The van der Waals surface area contributed by atoms with Crippen molar-refractivity contribution < 1.29 is 4.74 Å². The van der Waals surface area contributed by atoms with Crippen molar-refractivity contribution >= 4 is 23.2 Å². The number of nitrogens with zero attached hydrogens (tertiary/aromatic N) is 1. The average molecular weight is 306 g/mol. The maximum absolute atomic E-state index is 8.85. The summed E-state index contributed by atoms with van der Waals surface area (Å²) < 4.78 is 5.80. The summed E-state index contributed by atoms with van der Waals surface area (Å²) in [5, 5.41) is 9.49. The van der Waals surface area contributed by atoms with E-state index in [-0.39, 0.29) is 0 Å². The van der Waals surface area contributed by atoms with Crippen LogP contribution >= 0.6 is 23.2 Å². The molecule has 0 heterocycles. The molecule has 0 unspecified atom stereocenters. The zero-order chi connectivity index (χ0) is 14.5. The number of nitriles is 1. The third kappa shape index (κ3) is 3.45. The van der Waals surface area contributed by atoms with Gasteiger partial charge in [0.2, 0.25) is 0 Å². The van der Waals surface area contributed by atoms with Gasteiger partial charge in [0.25, 0.3) is 0 Å². The Morgan fingerprint density at radius 2 is 1.95 bits per heavy atom. The van der Waals surface area contributed by atoms with Crippen LogP contribution in [0.2, 0.25) is 5.02 Å². The van der Waals surface area contributed by atoms with E-state index in [1.807, 2.05) is 25.1 Å². The molecule has 0 fully saturated rings. The summed E-state index contributed by atoms with van der Waals surface area (Å²) in [6.07, 6.45) is 0. The SMILES string of the molecule is Cc1cc(C#N)ccc1COc1ccc(Cl)cc1CCl. The maximum atomic E-state index is 8.85. The Hall–Kier alpha value is -1.69. The molecule has 0 spiro atoms. The fourth-order valence-electron chi connectivity index (χ4n) is 1.88. The predicted molar refractivity (Wildman–Crippen MR) is 81.2 cm³/mol. The molecule has 4 heteroatoms. The summed E-state index contributed by atoms with van der Waals surface area (Å²) in [6.45, 7) is 2.40. The van der Waals surface area contributed by atoms with E-state index in [4.69, 9.17) is 33.2 Å². The molecular weight excluding hydrogens is 293 g/mol. The van der Waals surface area contributed by atoms with Gasteiger partial charge < -0.3 is 4.74 Å². The second-order valence-corrected chi connectivity index (χ2v) is 5.13. The second-order valence-electron chi connectivity index (χ2n) is 4.43. The quantitative estimate of drug-likeness (QED) is 0.757. The summed E-state index contributed by atoms with van der Waals surface area (Å²) in [5.41, 5.74) is 3.59. The highest BCUT2D eigenvalue weighted by Crippen LogP contribution is 2.25. The predicted octanol–water partition coefficient (Wildman–Crippen LogP) is 4.84. The Balaban J connectivity index is 2.15. The van der Waals surface area contributed by atoms with Crippen LogP contribution in [0.4, 0.5) is 0 Å². The monoisotopic (exact) mass is 305 g/mol. The molecule has 20 heavy (non-hydrogen) atoms. The first-order chi connectivity index (χ1) is 9.63. The number of rotatable bonds is 4. The van der Waals surface area contributed by atoms with Crippen LogP contribution in [-0.2, 0) is 12.5 Å². The fourth-order valence-corrected chi connectivity index (χ4v) is 2.28. The van der Waals surface area contributed by atoms with Crippen molar-refractivity contribution in [3.8, 4) is 11.8 Å². The molecule has 2 aromatic rings. The Kier molecular flexibility index (Phi) is 4.89. The number of benzene rings is 2. The van der Waals surface area contributed by atoms with Crippen molar-refractivity contribution in [2.75, 3.05) is 0 Å². The molecule has 102 valence electrons. The van der Waals surface area contributed by atoms with Gasteiger partial charge in [0.15, 0.2) is 0 Å². The Morgan fingerprint density at radius 3 is 2.60 bits per heavy atom. The van der Waals surface area contributed by atoms with Gasteiger partial charge in [-0.1, -0.05) is 17.7 Å². The summed E-state index contributed by atoms with van der Waals surface area (Å²) >= 11 is 11.8. The normalized spacial score (nSPS) is 10.1. The lowest BCUT2D eigenvalue weighted by atomic mass is 10.1. The summed E-state index contributed by atoms with van der Waals surface area (Å²) in [7, 11) is 0. The molecule has 2 aromatic carbocycles. The molecule has 0 amide bonds. The molecule has 0 aliphatic carbocycles. The van der Waals surface area contributed by atoms with Gasteiger partial charge in [-0.25, -0.2) is 0 Å². The largest absolute Gasteiger partial charge is 0.489 e. The third-order valence-corrected chi connectivity index (χ3v) is 3.54. The van der Waals surface area contributed by atoms with Crippen LogP contribution in [0.25, 0.3) is 0 Å². The topological polar surface area (TPSA) is 33.0 Å². The standard InChI is InChI=1S/C16H13Cl2NO/c1-11-6-12(9-19)2-3-13(11)10-20-16-5-4-15(18)7-14(16)8-17/h2-7H,8,10H2,1H3. The van der Waals surface area contributed by atoms with E-state index in [9.17, 15) is 0 Å². The van der Waals surface area contributed by atoms with Crippen molar-refractivity contribution in [3.63, 3.8) is 0 Å². The van der Waals surface area contributed by atoms with Gasteiger partial charge in [-0.05, 0) is 48.4 Å². The maximum Gasteiger partial charge on any atom is 0.124 e. The van der Waals surface area contributed by atoms with Gasteiger partial charge in [-0.15, -0.1) is 11.6 Å². The summed E-state index contributed by atoms with van der Waals surface area (Å²) in [5.74, 6) is 1.08. The highest BCUT2D eigenvalue weighted by molar-refractivity contribution is 6.30. The van der Waals surface area contributed by atoms with Crippen LogP contribution in [0, 0.1) is 18.3 Å². The van der Waals surface area contributed by atoms with Gasteiger partial charge in [-0.2, -0.15) is 5.26 Å². The van der Waals surface area contributed by atoms with Gasteiger partial charge in [0, 0.05) is 10.6 Å². The molecule has 0 aliphatic rings. The number of hydrogen-bond acceptors (Lipinski definition) is 2. The van der Waals surface area contributed by atoms with E-state index in [0.29, 0.717) is 23.1 Å². The minimum absolute atomic E-state index is 0.349. The molecular formula is C16H13Cl2NO. The Morgan fingerprint density at radius 1 is 1.15 bits per heavy atom. The van der Waals surface area contributed by atoms with Crippen LogP contribution in [0.5, 0.6) is 5.75 Å². The molecule has 2 rings (SSSR count). The lowest BCUT2D eigenvalue weighted by molar-refractivity contribution is 0.303. The summed E-state index contributed by atoms with van der Waals surface area (Å²) in [6, 6.07) is 13.1. The molecule has 0 bridgehead atoms. The summed E-state index contributed by atoms with van der Waals surface area (Å²) in [4.78, 5) is 0. The zero-order valence-corrected chi connectivity index (χ0v) is 12.5. The molecule has 0 aromatic heterocycles. The smallest absolute Gasteiger partial charge is 0.124 e. The molecule has 0 N–H and O–H groups in total. The molecule has 0 saturated carbocycles. The molecule has 0 radical (unpaired) electrons. The van der Waals surface area contributed by atoms with E-state index >= 15 is 0 Å². The lowest BCUT2D eigenvalue weighted by Gasteiger charge is -2.12. The van der Waals surface area contributed by atoms with Crippen LogP contribution in [0.15, 0.2) is 36.4 Å². The molecule has 0 atom stereocenters. The number of halogens is 2. The van der Waals surface area contributed by atoms with Crippen molar-refractivity contribution in [2.45, 2.75) is 19.4 Å². The Labute approximate surface area is 128 Å². The van der Waals surface area contributed by atoms with E-state index < -0.39 is 0 Å². The van der Waals surface area contributed by atoms with Gasteiger partial charge in [0.1, 0.15) is 12.4 Å². The minimum Gasteiger partial charge on any atom is -0.489 e. The van der Waals surface area contributed by atoms with Gasteiger partial charge in [0.05, 0.1) is 17.5 Å². The van der Waals surface area contributed by atoms with Crippen molar-refractivity contribution in [3.05, 3.63) is 63.7 Å². The zero-order valence-electron chi connectivity index (χ0n) is 11.0. The first kappa shape index (κ1) is 14.7. The molecule has 0 aliphatic heterocycles. The average Bonchev–Trinajstić information content (AvgIpc) is 2.46.